The minimum absolute atomic E-state index is 0.0713. The molecule has 0 saturated carbocycles. The van der Waals surface area contributed by atoms with Crippen molar-refractivity contribution in [2.75, 3.05) is 7.11 Å². The highest BCUT2D eigenvalue weighted by atomic mass is 79.9. The van der Waals surface area contributed by atoms with Gasteiger partial charge in [-0.25, -0.2) is 5.43 Å². The summed E-state index contributed by atoms with van der Waals surface area (Å²) in [5.74, 6) is -0.408. The lowest BCUT2D eigenvalue weighted by Gasteiger charge is -2.13. The van der Waals surface area contributed by atoms with Crippen molar-refractivity contribution in [3.8, 4) is 5.75 Å². The zero-order valence-corrected chi connectivity index (χ0v) is 20.7. The summed E-state index contributed by atoms with van der Waals surface area (Å²) in [5, 5.41) is 4.33. The number of aryl methyl sites for hydroxylation is 1. The van der Waals surface area contributed by atoms with Crippen molar-refractivity contribution in [3.05, 3.63) is 86.8 Å². The Morgan fingerprint density at radius 3 is 2.37 bits per heavy atom. The van der Waals surface area contributed by atoms with E-state index in [0.29, 0.717) is 51.2 Å². The van der Waals surface area contributed by atoms with Crippen molar-refractivity contribution in [2.45, 2.75) is 26.2 Å². The highest BCUT2D eigenvalue weighted by Crippen LogP contribution is 2.30. The van der Waals surface area contributed by atoms with E-state index in [1.54, 1.807) is 49.4 Å². The Labute approximate surface area is 210 Å². The maximum absolute atomic E-state index is 12.8. The van der Waals surface area contributed by atoms with Crippen molar-refractivity contribution < 1.29 is 23.5 Å². The standard InChI is InChI=1S/C25H23BrN4O5/c1-14-21-18(27-28-23(31)15-8-3-5-10-17(15)26)11-7-13-20(21)35-22(14)25(33)30-29-24(32)16-9-4-6-12-19(16)34-2/h3-6,8-10,12H,7,11,13H2,1-2H3,(H,28,31)(H,29,32)(H,30,33)/b27-18+. The number of para-hydroxylation sites is 1. The van der Waals surface area contributed by atoms with Gasteiger partial charge in [-0.05, 0) is 60.0 Å². The van der Waals surface area contributed by atoms with E-state index >= 15 is 0 Å². The second-order valence-electron chi connectivity index (χ2n) is 7.80. The molecule has 10 heteroatoms. The first-order valence-corrected chi connectivity index (χ1v) is 11.7. The van der Waals surface area contributed by atoms with Crippen LogP contribution < -0.4 is 21.0 Å². The topological polar surface area (TPSA) is 122 Å². The summed E-state index contributed by atoms with van der Waals surface area (Å²) >= 11 is 3.36. The second kappa shape index (κ2) is 10.6. The number of carbonyl (C=O) groups is 3. The number of methoxy groups -OCH3 is 1. The van der Waals surface area contributed by atoms with Crippen LogP contribution >= 0.6 is 15.9 Å². The van der Waals surface area contributed by atoms with Gasteiger partial charge in [-0.1, -0.05) is 24.3 Å². The van der Waals surface area contributed by atoms with Gasteiger partial charge < -0.3 is 9.15 Å². The van der Waals surface area contributed by atoms with Crippen LogP contribution in [0.2, 0.25) is 0 Å². The van der Waals surface area contributed by atoms with E-state index in [2.05, 4.69) is 37.3 Å². The van der Waals surface area contributed by atoms with E-state index < -0.39 is 11.8 Å². The third-order valence-corrected chi connectivity index (χ3v) is 6.28. The first-order chi connectivity index (χ1) is 16.9. The normalized spacial score (nSPS) is 13.6. The van der Waals surface area contributed by atoms with Crippen molar-refractivity contribution in [2.24, 2.45) is 5.10 Å². The monoisotopic (exact) mass is 538 g/mol. The summed E-state index contributed by atoms with van der Waals surface area (Å²) in [4.78, 5) is 37.8. The predicted octanol–water partition coefficient (Wildman–Crippen LogP) is 3.90. The summed E-state index contributed by atoms with van der Waals surface area (Å²) < 4.78 is 11.7. The first-order valence-electron chi connectivity index (χ1n) is 10.9. The predicted molar refractivity (Wildman–Crippen MR) is 132 cm³/mol. The Bertz CT molecular complexity index is 1330. The van der Waals surface area contributed by atoms with Gasteiger partial charge in [-0.15, -0.1) is 0 Å². The number of furan rings is 1. The Morgan fingerprint density at radius 1 is 0.943 bits per heavy atom. The number of halogens is 1. The van der Waals surface area contributed by atoms with Crippen molar-refractivity contribution in [1.82, 2.24) is 16.3 Å². The Hall–Kier alpha value is -3.92. The van der Waals surface area contributed by atoms with Crippen LogP contribution in [0.1, 0.15) is 61.0 Å². The quantitative estimate of drug-likeness (QED) is 0.425. The number of hydrazone groups is 1. The second-order valence-corrected chi connectivity index (χ2v) is 8.65. The molecule has 0 radical (unpaired) electrons. The van der Waals surface area contributed by atoms with Crippen LogP contribution in [0, 0.1) is 6.92 Å². The molecule has 3 amide bonds. The number of fused-ring (bicyclic) bond motifs is 1. The third-order valence-electron chi connectivity index (χ3n) is 5.58. The molecule has 0 bridgehead atoms. The molecule has 9 nitrogen and oxygen atoms in total. The molecule has 0 aliphatic heterocycles. The van der Waals surface area contributed by atoms with Gasteiger partial charge in [0.1, 0.15) is 11.5 Å². The molecule has 2 aromatic carbocycles. The maximum Gasteiger partial charge on any atom is 0.305 e. The summed E-state index contributed by atoms with van der Waals surface area (Å²) in [5.41, 5.74) is 10.0. The van der Waals surface area contributed by atoms with Crippen LogP contribution in [0.4, 0.5) is 0 Å². The Balaban J connectivity index is 1.49. The molecule has 1 aliphatic carbocycles. The van der Waals surface area contributed by atoms with Gasteiger partial charge in [0, 0.05) is 22.0 Å². The van der Waals surface area contributed by atoms with Gasteiger partial charge in [0.15, 0.2) is 5.76 Å². The lowest BCUT2D eigenvalue weighted by atomic mass is 9.93. The average Bonchev–Trinajstić information content (AvgIpc) is 3.22. The molecule has 0 spiro atoms. The van der Waals surface area contributed by atoms with Gasteiger partial charge in [-0.3, -0.25) is 25.2 Å². The summed E-state index contributed by atoms with van der Waals surface area (Å²) in [7, 11) is 1.46. The van der Waals surface area contributed by atoms with Crippen molar-refractivity contribution in [1.29, 1.82) is 0 Å². The fraction of sp³-hybridized carbons (Fsp3) is 0.200. The molecule has 180 valence electrons. The molecule has 1 heterocycles. The van der Waals surface area contributed by atoms with E-state index in [-0.39, 0.29) is 17.2 Å². The number of hydrogen-bond acceptors (Lipinski definition) is 6. The number of benzene rings is 2. The molecule has 3 aromatic rings. The average molecular weight is 539 g/mol. The maximum atomic E-state index is 12.8. The van der Waals surface area contributed by atoms with Gasteiger partial charge in [-0.2, -0.15) is 5.10 Å². The number of ether oxygens (including phenoxy) is 1. The molecule has 0 saturated heterocycles. The highest BCUT2D eigenvalue weighted by molar-refractivity contribution is 9.10. The fourth-order valence-corrected chi connectivity index (χ4v) is 4.36. The summed E-state index contributed by atoms with van der Waals surface area (Å²) in [6, 6.07) is 13.7. The zero-order chi connectivity index (χ0) is 24.9. The summed E-state index contributed by atoms with van der Waals surface area (Å²) in [6.07, 6.45) is 2.01. The Kier molecular flexibility index (Phi) is 7.31. The van der Waals surface area contributed by atoms with Crippen molar-refractivity contribution in [3.63, 3.8) is 0 Å². The number of rotatable bonds is 5. The van der Waals surface area contributed by atoms with Gasteiger partial charge in [0.05, 0.1) is 23.9 Å². The molecular weight excluding hydrogens is 516 g/mol. The van der Waals surface area contributed by atoms with Gasteiger partial charge in [0.2, 0.25) is 0 Å². The molecule has 1 aliphatic rings. The van der Waals surface area contributed by atoms with Crippen LogP contribution in [0.15, 0.2) is 62.5 Å². The molecule has 0 fully saturated rings. The van der Waals surface area contributed by atoms with Crippen LogP contribution in [0.5, 0.6) is 5.75 Å². The molecule has 0 atom stereocenters. The summed E-state index contributed by atoms with van der Waals surface area (Å²) in [6.45, 7) is 1.75. The number of carbonyl (C=O) groups excluding carboxylic acids is 3. The minimum Gasteiger partial charge on any atom is -0.496 e. The largest absolute Gasteiger partial charge is 0.496 e. The van der Waals surface area contributed by atoms with E-state index in [0.717, 1.165) is 6.42 Å². The molecule has 0 unspecified atom stereocenters. The smallest absolute Gasteiger partial charge is 0.305 e. The zero-order valence-electron chi connectivity index (χ0n) is 19.1. The SMILES string of the molecule is COc1ccccc1C(=O)NNC(=O)c1oc2c(c1C)/C(=N/NC(=O)c1ccccc1Br)CCC2. The van der Waals surface area contributed by atoms with E-state index in [9.17, 15) is 14.4 Å². The number of amides is 3. The highest BCUT2D eigenvalue weighted by Gasteiger charge is 2.28. The molecular formula is C25H23BrN4O5. The fourth-order valence-electron chi connectivity index (χ4n) is 3.89. The van der Waals surface area contributed by atoms with Gasteiger partial charge in [0.25, 0.3) is 11.8 Å². The molecule has 4 rings (SSSR count). The molecule has 3 N–H and O–H groups in total. The van der Waals surface area contributed by atoms with Crippen LogP contribution in [0.25, 0.3) is 0 Å². The number of nitrogens with zero attached hydrogens (tertiary/aromatic N) is 1. The van der Waals surface area contributed by atoms with Crippen LogP contribution in [-0.4, -0.2) is 30.5 Å². The Morgan fingerprint density at radius 2 is 1.63 bits per heavy atom. The number of hydrazine groups is 1. The van der Waals surface area contributed by atoms with Gasteiger partial charge >= 0.3 is 5.91 Å². The van der Waals surface area contributed by atoms with Crippen molar-refractivity contribution >= 4 is 39.4 Å². The van der Waals surface area contributed by atoms with E-state index in [4.69, 9.17) is 9.15 Å². The first kappa shape index (κ1) is 24.2. The number of hydrogen-bond donors (Lipinski definition) is 3. The van der Waals surface area contributed by atoms with E-state index in [1.807, 2.05) is 6.07 Å². The lowest BCUT2D eigenvalue weighted by Crippen LogP contribution is -2.41. The lowest BCUT2D eigenvalue weighted by molar-refractivity contribution is 0.0827. The molecule has 35 heavy (non-hydrogen) atoms. The minimum atomic E-state index is -0.600. The van der Waals surface area contributed by atoms with Crippen LogP contribution in [0.3, 0.4) is 0 Å². The number of nitrogens with one attached hydrogen (secondary N) is 3. The van der Waals surface area contributed by atoms with E-state index in [1.165, 1.54) is 7.11 Å². The van der Waals surface area contributed by atoms with Crippen LogP contribution in [-0.2, 0) is 6.42 Å². The third kappa shape index (κ3) is 5.12. The molecule has 1 aromatic heterocycles.